The summed E-state index contributed by atoms with van der Waals surface area (Å²) < 4.78 is 29.2. The van der Waals surface area contributed by atoms with Gasteiger partial charge in [0.1, 0.15) is 0 Å². The maximum atomic E-state index is 12.7. The molecule has 1 aliphatic heterocycles. The van der Waals surface area contributed by atoms with Crippen molar-refractivity contribution in [2.75, 3.05) is 26.5 Å². The maximum Gasteiger partial charge on any atom is 0.217 e. The monoisotopic (exact) mass is 402 g/mol. The Labute approximate surface area is 166 Å². The number of rotatable bonds is 7. The van der Waals surface area contributed by atoms with Crippen molar-refractivity contribution in [3.05, 3.63) is 53.7 Å². The fourth-order valence-corrected chi connectivity index (χ4v) is 4.62. The van der Waals surface area contributed by atoms with Crippen LogP contribution in [0.5, 0.6) is 5.88 Å². The second kappa shape index (κ2) is 8.84. The number of ketones is 1. The van der Waals surface area contributed by atoms with Gasteiger partial charge in [0.2, 0.25) is 5.88 Å². The van der Waals surface area contributed by atoms with E-state index >= 15 is 0 Å². The number of hydrogen-bond donors (Lipinski definition) is 0. The van der Waals surface area contributed by atoms with E-state index in [4.69, 9.17) is 4.74 Å². The highest BCUT2D eigenvalue weighted by atomic mass is 32.2. The summed E-state index contributed by atoms with van der Waals surface area (Å²) in [5, 5.41) is 0. The van der Waals surface area contributed by atoms with Gasteiger partial charge in [-0.2, -0.15) is 0 Å². The molecule has 0 saturated carbocycles. The Morgan fingerprint density at radius 3 is 2.57 bits per heavy atom. The molecular formula is C21H26N2O4S. The predicted molar refractivity (Wildman–Crippen MR) is 107 cm³/mol. The first kappa shape index (κ1) is 20.5. The highest BCUT2D eigenvalue weighted by Gasteiger charge is 2.25. The van der Waals surface area contributed by atoms with Crippen LogP contribution in [0.15, 0.2) is 47.5 Å². The van der Waals surface area contributed by atoms with Crippen molar-refractivity contribution in [1.82, 2.24) is 9.88 Å². The lowest BCUT2D eigenvalue weighted by Gasteiger charge is -2.32. The van der Waals surface area contributed by atoms with Gasteiger partial charge in [-0.1, -0.05) is 24.3 Å². The van der Waals surface area contributed by atoms with E-state index < -0.39 is 9.84 Å². The minimum absolute atomic E-state index is 0.0894. The lowest BCUT2D eigenvalue weighted by Crippen LogP contribution is -2.34. The average molecular weight is 403 g/mol. The molecule has 1 aliphatic rings. The number of ether oxygens (including phenoxy) is 1. The predicted octanol–water partition coefficient (Wildman–Crippen LogP) is 2.98. The topological polar surface area (TPSA) is 76.6 Å². The summed E-state index contributed by atoms with van der Waals surface area (Å²) in [7, 11) is -1.79. The lowest BCUT2D eigenvalue weighted by molar-refractivity contribution is 0.0921. The molecule has 0 aliphatic carbocycles. The van der Waals surface area contributed by atoms with Gasteiger partial charge in [-0.05, 0) is 44.0 Å². The fraction of sp³-hybridized carbons (Fsp3) is 0.429. The molecule has 2 heterocycles. The molecule has 0 atom stereocenters. The van der Waals surface area contributed by atoms with Crippen LogP contribution in [0.2, 0.25) is 0 Å². The summed E-state index contributed by atoms with van der Waals surface area (Å²) in [6.45, 7) is 2.56. The molecule has 1 aromatic heterocycles. The van der Waals surface area contributed by atoms with Gasteiger partial charge in [-0.15, -0.1) is 0 Å². The molecule has 3 rings (SSSR count). The quantitative estimate of drug-likeness (QED) is 0.663. The van der Waals surface area contributed by atoms with E-state index in [1.807, 2.05) is 12.1 Å². The number of Topliss-reactive ketones (excluding diaryl/α,β-unsaturated/α-hetero) is 1. The SMILES string of the molecule is COc1ncccc1CN1CCC(CC(=O)c2ccccc2S(C)(=O)=O)CC1. The van der Waals surface area contributed by atoms with Crippen LogP contribution in [0.4, 0.5) is 0 Å². The van der Waals surface area contributed by atoms with Gasteiger partial charge in [0, 0.05) is 36.5 Å². The van der Waals surface area contributed by atoms with Crippen molar-refractivity contribution < 1.29 is 17.9 Å². The number of carbonyl (C=O) groups excluding carboxylic acids is 1. The first-order valence-electron chi connectivity index (χ1n) is 9.41. The molecule has 1 aromatic carbocycles. The standard InChI is InChI=1S/C21H26N2O4S/c1-27-21-17(6-5-11-22-21)15-23-12-9-16(10-13-23)14-19(24)18-7-3-4-8-20(18)28(2,25)26/h3-8,11,16H,9-10,12-15H2,1-2H3. The highest BCUT2D eigenvalue weighted by molar-refractivity contribution is 7.90. The normalized spacial score (nSPS) is 16.1. The Bertz CT molecular complexity index is 935. The molecule has 150 valence electrons. The Hall–Kier alpha value is -2.25. The zero-order chi connectivity index (χ0) is 20.1. The van der Waals surface area contributed by atoms with Crippen molar-refractivity contribution in [3.8, 4) is 5.88 Å². The van der Waals surface area contributed by atoms with Crippen molar-refractivity contribution in [2.24, 2.45) is 5.92 Å². The maximum absolute atomic E-state index is 12.7. The number of piperidine rings is 1. The second-order valence-electron chi connectivity index (χ2n) is 7.29. The summed E-state index contributed by atoms with van der Waals surface area (Å²) in [6.07, 6.45) is 5.07. The van der Waals surface area contributed by atoms with Crippen molar-refractivity contribution in [1.29, 1.82) is 0 Å². The van der Waals surface area contributed by atoms with Crippen LogP contribution in [0, 0.1) is 5.92 Å². The molecule has 0 radical (unpaired) electrons. The summed E-state index contributed by atoms with van der Waals surface area (Å²) >= 11 is 0. The van der Waals surface area contributed by atoms with Gasteiger partial charge in [0.05, 0.1) is 12.0 Å². The highest BCUT2D eigenvalue weighted by Crippen LogP contribution is 2.26. The van der Waals surface area contributed by atoms with E-state index in [1.165, 1.54) is 6.07 Å². The second-order valence-corrected chi connectivity index (χ2v) is 9.27. The third-order valence-electron chi connectivity index (χ3n) is 5.21. The van der Waals surface area contributed by atoms with Crippen LogP contribution in [0.3, 0.4) is 0 Å². The number of hydrogen-bond acceptors (Lipinski definition) is 6. The Kier molecular flexibility index (Phi) is 6.46. The molecule has 2 aromatic rings. The van der Waals surface area contributed by atoms with Crippen molar-refractivity contribution in [2.45, 2.75) is 30.7 Å². The molecule has 0 spiro atoms. The largest absolute Gasteiger partial charge is 0.481 e. The molecule has 28 heavy (non-hydrogen) atoms. The fourth-order valence-electron chi connectivity index (χ4n) is 3.71. The van der Waals surface area contributed by atoms with Crippen LogP contribution in [-0.4, -0.2) is 50.5 Å². The van der Waals surface area contributed by atoms with Crippen LogP contribution in [0.25, 0.3) is 0 Å². The number of pyridine rings is 1. The van der Waals surface area contributed by atoms with Crippen molar-refractivity contribution in [3.63, 3.8) is 0 Å². The molecule has 0 N–H and O–H groups in total. The molecule has 0 amide bonds. The number of carbonyl (C=O) groups is 1. The summed E-state index contributed by atoms with van der Waals surface area (Å²) in [4.78, 5) is 19.4. The van der Waals surface area contributed by atoms with E-state index in [1.54, 1.807) is 31.5 Å². The van der Waals surface area contributed by atoms with Gasteiger partial charge < -0.3 is 4.74 Å². The van der Waals surface area contributed by atoms with E-state index in [2.05, 4.69) is 9.88 Å². The Balaban J connectivity index is 1.58. The Morgan fingerprint density at radius 2 is 1.89 bits per heavy atom. The average Bonchev–Trinajstić information content (AvgIpc) is 2.69. The zero-order valence-corrected chi connectivity index (χ0v) is 17.1. The number of likely N-dealkylation sites (tertiary alicyclic amines) is 1. The number of sulfone groups is 1. The third kappa shape index (κ3) is 4.97. The molecule has 0 unspecified atom stereocenters. The summed E-state index contributed by atoms with van der Waals surface area (Å²) in [6, 6.07) is 10.4. The zero-order valence-electron chi connectivity index (χ0n) is 16.3. The lowest BCUT2D eigenvalue weighted by atomic mass is 9.89. The third-order valence-corrected chi connectivity index (χ3v) is 6.36. The molecule has 1 fully saturated rings. The number of aromatic nitrogens is 1. The number of nitrogens with zero attached hydrogens (tertiary/aromatic N) is 2. The van der Waals surface area contributed by atoms with Crippen LogP contribution < -0.4 is 4.74 Å². The van der Waals surface area contributed by atoms with Crippen LogP contribution >= 0.6 is 0 Å². The minimum atomic E-state index is -3.42. The number of methoxy groups -OCH3 is 1. The first-order chi connectivity index (χ1) is 13.4. The minimum Gasteiger partial charge on any atom is -0.481 e. The molecule has 6 nitrogen and oxygen atoms in total. The van der Waals surface area contributed by atoms with Gasteiger partial charge >= 0.3 is 0 Å². The molecule has 1 saturated heterocycles. The molecular weight excluding hydrogens is 376 g/mol. The van der Waals surface area contributed by atoms with E-state index in [0.29, 0.717) is 17.9 Å². The van der Waals surface area contributed by atoms with Gasteiger partial charge in [-0.3, -0.25) is 9.69 Å². The molecule has 7 heteroatoms. The summed E-state index contributed by atoms with van der Waals surface area (Å²) in [5.41, 5.74) is 1.37. The smallest absolute Gasteiger partial charge is 0.217 e. The van der Waals surface area contributed by atoms with Gasteiger partial charge in [-0.25, -0.2) is 13.4 Å². The van der Waals surface area contributed by atoms with Crippen molar-refractivity contribution >= 4 is 15.6 Å². The first-order valence-corrected chi connectivity index (χ1v) is 11.3. The van der Waals surface area contributed by atoms with E-state index in [9.17, 15) is 13.2 Å². The number of benzene rings is 1. The van der Waals surface area contributed by atoms with Crippen LogP contribution in [-0.2, 0) is 16.4 Å². The Morgan fingerprint density at radius 1 is 1.18 bits per heavy atom. The van der Waals surface area contributed by atoms with Crippen LogP contribution in [0.1, 0.15) is 35.2 Å². The van der Waals surface area contributed by atoms with E-state index in [-0.39, 0.29) is 16.6 Å². The van der Waals surface area contributed by atoms with Gasteiger partial charge in [0.15, 0.2) is 15.6 Å². The van der Waals surface area contributed by atoms with Gasteiger partial charge in [0.25, 0.3) is 0 Å². The summed E-state index contributed by atoms with van der Waals surface area (Å²) in [5.74, 6) is 0.831. The van der Waals surface area contributed by atoms with E-state index in [0.717, 1.165) is 44.3 Å². The molecule has 0 bridgehead atoms.